The molecule has 11 heteroatoms. The zero-order chi connectivity index (χ0) is 28.8. The van der Waals surface area contributed by atoms with Crippen molar-refractivity contribution in [3.8, 4) is 0 Å². The number of hydrogen-bond acceptors (Lipinski definition) is 5. The number of carbonyl (C=O) groups is 4. The summed E-state index contributed by atoms with van der Waals surface area (Å²) in [7, 11) is 1.51. The molecule has 1 atom stereocenters. The second kappa shape index (κ2) is 15.8. The number of hydrogen-bond donors (Lipinski definition) is 3. The van der Waals surface area contributed by atoms with Gasteiger partial charge in [-0.3, -0.25) is 24.2 Å². The molecular weight excluding hydrogens is 498 g/mol. The van der Waals surface area contributed by atoms with Crippen LogP contribution < -0.4 is 17.2 Å². The summed E-state index contributed by atoms with van der Waals surface area (Å²) in [5, 5.41) is 0. The largest absolute Gasteiger partial charge is 0.370 e. The number of carbonyl (C=O) groups excluding carboxylic acids is 4. The Balaban J connectivity index is 2.22. The Morgan fingerprint density at radius 2 is 1.41 bits per heavy atom. The molecule has 0 bridgehead atoms. The Morgan fingerprint density at radius 1 is 0.821 bits per heavy atom. The zero-order valence-corrected chi connectivity index (χ0v) is 22.7. The molecule has 0 aromatic heterocycles. The fourth-order valence-corrected chi connectivity index (χ4v) is 4.04. The summed E-state index contributed by atoms with van der Waals surface area (Å²) in [6.45, 7) is 1.81. The molecule has 210 valence electrons. The third kappa shape index (κ3) is 10.5. The molecule has 0 aliphatic carbocycles. The van der Waals surface area contributed by atoms with Crippen molar-refractivity contribution in [1.29, 1.82) is 0 Å². The summed E-state index contributed by atoms with van der Waals surface area (Å²) in [6.07, 6.45) is 0.874. The Hall–Kier alpha value is -4.41. The van der Waals surface area contributed by atoms with Crippen molar-refractivity contribution in [2.75, 3.05) is 33.2 Å². The topological polar surface area (TPSA) is 168 Å². The molecule has 2 rings (SSSR count). The van der Waals surface area contributed by atoms with E-state index in [2.05, 4.69) is 4.99 Å². The van der Waals surface area contributed by atoms with E-state index in [9.17, 15) is 19.2 Å². The van der Waals surface area contributed by atoms with Crippen molar-refractivity contribution in [2.24, 2.45) is 22.2 Å². The molecule has 0 spiro atoms. The monoisotopic (exact) mass is 537 g/mol. The van der Waals surface area contributed by atoms with E-state index < -0.39 is 23.8 Å². The predicted molar refractivity (Wildman–Crippen MR) is 150 cm³/mol. The minimum atomic E-state index is -0.830. The fraction of sp³-hybridized carbons (Fsp3) is 0.393. The molecule has 0 aliphatic rings. The standard InChI is InChI=1S/C28H39N7O4/c1-3-23(27(29)39)35(18-22-12-8-5-9-13-22)26(38)20-34(17-15-21-10-6-4-7-11-21)25(37)19-33(2)24(36)14-16-32-28(30)31/h4-13,23H,3,14-20H2,1-2H3,(H2,29,39)(H4,30,31,32). The summed E-state index contributed by atoms with van der Waals surface area (Å²) < 4.78 is 0. The summed E-state index contributed by atoms with van der Waals surface area (Å²) in [5.41, 5.74) is 18.1. The van der Waals surface area contributed by atoms with Gasteiger partial charge in [-0.05, 0) is 24.0 Å². The maximum atomic E-state index is 13.6. The number of benzene rings is 2. The van der Waals surface area contributed by atoms with Gasteiger partial charge in [-0.25, -0.2) is 0 Å². The average Bonchev–Trinajstić information content (AvgIpc) is 2.91. The number of nitrogens with two attached hydrogens (primary N) is 3. The SMILES string of the molecule is CCC(C(N)=O)N(Cc1ccccc1)C(=O)CN(CCc1ccccc1)C(=O)CN(C)C(=O)CCN=C(N)N. The van der Waals surface area contributed by atoms with Gasteiger partial charge < -0.3 is 31.9 Å². The van der Waals surface area contributed by atoms with E-state index in [1.54, 1.807) is 6.92 Å². The Bertz CT molecular complexity index is 1120. The van der Waals surface area contributed by atoms with Crippen molar-refractivity contribution in [3.63, 3.8) is 0 Å². The van der Waals surface area contributed by atoms with Gasteiger partial charge in [-0.1, -0.05) is 67.6 Å². The molecule has 2 aromatic rings. The van der Waals surface area contributed by atoms with Crippen LogP contribution in [0.1, 0.15) is 30.9 Å². The van der Waals surface area contributed by atoms with Crippen LogP contribution in [0.25, 0.3) is 0 Å². The molecule has 6 N–H and O–H groups in total. The van der Waals surface area contributed by atoms with Crippen LogP contribution in [0.3, 0.4) is 0 Å². The maximum Gasteiger partial charge on any atom is 0.243 e. The molecule has 0 radical (unpaired) electrons. The molecule has 0 saturated heterocycles. The van der Waals surface area contributed by atoms with Crippen molar-refractivity contribution in [2.45, 2.75) is 38.8 Å². The molecule has 2 aromatic carbocycles. The first-order chi connectivity index (χ1) is 18.6. The van der Waals surface area contributed by atoms with E-state index in [0.717, 1.165) is 11.1 Å². The van der Waals surface area contributed by atoms with Crippen LogP contribution in [0.4, 0.5) is 0 Å². The van der Waals surface area contributed by atoms with Gasteiger partial charge in [0.05, 0.1) is 19.6 Å². The minimum absolute atomic E-state index is 0.0340. The van der Waals surface area contributed by atoms with Crippen molar-refractivity contribution in [1.82, 2.24) is 14.7 Å². The lowest BCUT2D eigenvalue weighted by atomic mass is 10.1. The van der Waals surface area contributed by atoms with Gasteiger partial charge in [0.15, 0.2) is 5.96 Å². The van der Waals surface area contributed by atoms with Crippen LogP contribution in [0.2, 0.25) is 0 Å². The highest BCUT2D eigenvalue weighted by molar-refractivity contribution is 5.91. The number of nitrogens with zero attached hydrogens (tertiary/aromatic N) is 4. The summed E-state index contributed by atoms with van der Waals surface area (Å²) in [4.78, 5) is 59.6. The van der Waals surface area contributed by atoms with Gasteiger partial charge in [0.1, 0.15) is 6.04 Å². The van der Waals surface area contributed by atoms with E-state index in [0.29, 0.717) is 12.8 Å². The molecule has 0 heterocycles. The zero-order valence-electron chi connectivity index (χ0n) is 22.7. The lowest BCUT2D eigenvalue weighted by Crippen LogP contribution is -2.52. The molecule has 11 nitrogen and oxygen atoms in total. The maximum absolute atomic E-state index is 13.6. The molecule has 1 unspecified atom stereocenters. The Labute approximate surface area is 229 Å². The Morgan fingerprint density at radius 3 is 1.95 bits per heavy atom. The minimum Gasteiger partial charge on any atom is -0.370 e. The van der Waals surface area contributed by atoms with Crippen molar-refractivity contribution in [3.05, 3.63) is 71.8 Å². The van der Waals surface area contributed by atoms with E-state index >= 15 is 0 Å². The smallest absolute Gasteiger partial charge is 0.243 e. The van der Waals surface area contributed by atoms with Crippen LogP contribution in [0.15, 0.2) is 65.7 Å². The number of aliphatic imine (C=N–C) groups is 1. The van der Waals surface area contributed by atoms with Crippen LogP contribution in [0.5, 0.6) is 0 Å². The number of guanidine groups is 1. The molecule has 0 aliphatic heterocycles. The molecular formula is C28H39N7O4. The molecule has 0 fully saturated rings. The highest BCUT2D eigenvalue weighted by Crippen LogP contribution is 2.13. The van der Waals surface area contributed by atoms with Gasteiger partial charge in [0, 0.05) is 26.6 Å². The van der Waals surface area contributed by atoms with Crippen LogP contribution in [-0.2, 0) is 32.1 Å². The lowest BCUT2D eigenvalue weighted by Gasteiger charge is -2.32. The number of primary amides is 1. The molecule has 39 heavy (non-hydrogen) atoms. The second-order valence-electron chi connectivity index (χ2n) is 9.19. The molecule has 4 amide bonds. The first-order valence-corrected chi connectivity index (χ1v) is 12.9. The summed E-state index contributed by atoms with van der Waals surface area (Å²) in [6, 6.07) is 18.0. The van der Waals surface area contributed by atoms with E-state index in [-0.39, 0.29) is 51.0 Å². The van der Waals surface area contributed by atoms with Crippen molar-refractivity contribution < 1.29 is 19.2 Å². The number of likely N-dealkylation sites (N-methyl/N-ethyl adjacent to an activating group) is 1. The van der Waals surface area contributed by atoms with Gasteiger partial charge >= 0.3 is 0 Å². The Kier molecular flexibility index (Phi) is 12.4. The third-order valence-electron chi connectivity index (χ3n) is 6.22. The number of rotatable bonds is 15. The van der Waals surface area contributed by atoms with Gasteiger partial charge in [0.25, 0.3) is 0 Å². The van der Waals surface area contributed by atoms with Crippen molar-refractivity contribution >= 4 is 29.6 Å². The van der Waals surface area contributed by atoms with Gasteiger partial charge in [-0.15, -0.1) is 0 Å². The third-order valence-corrected chi connectivity index (χ3v) is 6.22. The quantitative estimate of drug-likeness (QED) is 0.220. The normalized spacial score (nSPS) is 11.2. The van der Waals surface area contributed by atoms with Gasteiger partial charge in [0.2, 0.25) is 23.6 Å². The van der Waals surface area contributed by atoms with E-state index in [4.69, 9.17) is 17.2 Å². The van der Waals surface area contributed by atoms with Gasteiger partial charge in [-0.2, -0.15) is 0 Å². The first kappa shape index (κ1) is 30.8. The summed E-state index contributed by atoms with van der Waals surface area (Å²) in [5.74, 6) is -1.85. The lowest BCUT2D eigenvalue weighted by molar-refractivity contribution is -0.146. The second-order valence-corrected chi connectivity index (χ2v) is 9.19. The number of amides is 4. The average molecular weight is 538 g/mol. The highest BCUT2D eigenvalue weighted by Gasteiger charge is 2.29. The van der Waals surface area contributed by atoms with Crippen LogP contribution in [-0.4, -0.2) is 83.6 Å². The van der Waals surface area contributed by atoms with Crippen LogP contribution >= 0.6 is 0 Å². The summed E-state index contributed by atoms with van der Waals surface area (Å²) >= 11 is 0. The predicted octanol–water partition coefficient (Wildman–Crippen LogP) is 0.472. The highest BCUT2D eigenvalue weighted by atomic mass is 16.2. The van der Waals surface area contributed by atoms with E-state index in [1.807, 2.05) is 60.7 Å². The van der Waals surface area contributed by atoms with Crippen LogP contribution in [0, 0.1) is 0 Å². The van der Waals surface area contributed by atoms with E-state index in [1.165, 1.54) is 21.7 Å². The molecule has 0 saturated carbocycles. The fourth-order valence-electron chi connectivity index (χ4n) is 4.04. The first-order valence-electron chi connectivity index (χ1n) is 12.9.